The monoisotopic (exact) mass is 346 g/mol. The molecular weight excluding hydrogens is 324 g/mol. The fourth-order valence-electron chi connectivity index (χ4n) is 2.31. The first-order valence-electron chi connectivity index (χ1n) is 7.59. The van der Waals surface area contributed by atoms with Gasteiger partial charge in [-0.1, -0.05) is 56.8 Å². The van der Waals surface area contributed by atoms with Crippen molar-refractivity contribution in [1.82, 2.24) is 0 Å². The predicted molar refractivity (Wildman–Crippen MR) is 98.3 cm³/mol. The molecule has 0 radical (unpaired) electrons. The van der Waals surface area contributed by atoms with Gasteiger partial charge in [-0.3, -0.25) is 0 Å². The summed E-state index contributed by atoms with van der Waals surface area (Å²) in [7, 11) is -3.50. The highest BCUT2D eigenvalue weighted by Crippen LogP contribution is 2.33. The van der Waals surface area contributed by atoms with Crippen molar-refractivity contribution < 1.29 is 8.42 Å². The van der Waals surface area contributed by atoms with Crippen LogP contribution in [0.25, 0.3) is 0 Å². The smallest absolute Gasteiger partial charge is 0.202 e. The van der Waals surface area contributed by atoms with Gasteiger partial charge in [0.05, 0.1) is 4.90 Å². The van der Waals surface area contributed by atoms with E-state index in [0.29, 0.717) is 15.6 Å². The lowest BCUT2D eigenvalue weighted by Gasteiger charge is -2.23. The van der Waals surface area contributed by atoms with Gasteiger partial charge in [0.25, 0.3) is 0 Å². The zero-order valence-electron chi connectivity index (χ0n) is 13.5. The van der Waals surface area contributed by atoms with Crippen LogP contribution in [0, 0.1) is 11.8 Å². The highest BCUT2D eigenvalue weighted by atomic mass is 32.2. The lowest BCUT2D eigenvalue weighted by molar-refractivity contribution is 0.496. The van der Waals surface area contributed by atoms with Crippen LogP contribution in [-0.4, -0.2) is 14.2 Å². The molecule has 0 fully saturated rings. The number of sulfone groups is 1. The molecule has 0 heterocycles. The van der Waals surface area contributed by atoms with Gasteiger partial charge in [0.15, 0.2) is 0 Å². The van der Waals surface area contributed by atoms with Gasteiger partial charge < -0.3 is 0 Å². The Morgan fingerprint density at radius 3 is 2.04 bits per heavy atom. The molecule has 0 aliphatic heterocycles. The zero-order valence-corrected chi connectivity index (χ0v) is 15.1. The third-order valence-electron chi connectivity index (χ3n) is 3.79. The quantitative estimate of drug-likeness (QED) is 0.659. The molecule has 23 heavy (non-hydrogen) atoms. The van der Waals surface area contributed by atoms with E-state index in [0.717, 1.165) is 4.90 Å². The summed E-state index contributed by atoms with van der Waals surface area (Å²) in [5, 5.41) is 0. The van der Waals surface area contributed by atoms with Gasteiger partial charge in [0.2, 0.25) is 9.84 Å². The van der Waals surface area contributed by atoms with E-state index < -0.39 is 9.84 Å². The van der Waals surface area contributed by atoms with E-state index in [-0.39, 0.29) is 11.8 Å². The largest absolute Gasteiger partial charge is 0.219 e. The molecule has 2 aromatic rings. The first-order chi connectivity index (χ1) is 10.9. The molecule has 2 nitrogen and oxygen atoms in total. The predicted octanol–water partition coefficient (Wildman–Crippen LogP) is 5.04. The molecule has 0 amide bonds. The van der Waals surface area contributed by atoms with Crippen molar-refractivity contribution >= 4 is 21.6 Å². The van der Waals surface area contributed by atoms with Gasteiger partial charge in [-0.2, -0.15) is 0 Å². The highest BCUT2D eigenvalue weighted by Gasteiger charge is 2.28. The van der Waals surface area contributed by atoms with Crippen molar-refractivity contribution in [1.29, 1.82) is 0 Å². The molecule has 122 valence electrons. The zero-order chi connectivity index (χ0) is 16.9. The topological polar surface area (TPSA) is 34.1 Å². The number of allylic oxidation sites excluding steroid dienone is 1. The standard InChI is InChI=1S/C19H22O2S2/c1-15(2)19(14-22-17-10-6-4-7-11-17)16(3)23(20,21)18-12-8-5-9-13-18/h4-13,15,19H,3,14H2,1-2H3. The summed E-state index contributed by atoms with van der Waals surface area (Å²) in [5.74, 6) is 0.814. The fourth-order valence-corrected chi connectivity index (χ4v) is 5.30. The Morgan fingerprint density at radius 2 is 1.52 bits per heavy atom. The fraction of sp³-hybridized carbons (Fsp3) is 0.263. The van der Waals surface area contributed by atoms with Crippen molar-refractivity contribution in [2.45, 2.75) is 23.6 Å². The average molecular weight is 347 g/mol. The Morgan fingerprint density at radius 1 is 1.00 bits per heavy atom. The maximum atomic E-state index is 12.8. The molecule has 0 saturated heterocycles. The number of thioether (sulfide) groups is 1. The van der Waals surface area contributed by atoms with Crippen molar-refractivity contribution in [2.75, 3.05) is 5.75 Å². The van der Waals surface area contributed by atoms with Gasteiger partial charge in [0, 0.05) is 21.5 Å². The van der Waals surface area contributed by atoms with E-state index in [9.17, 15) is 8.42 Å². The minimum absolute atomic E-state index is 0.0922. The molecule has 0 aromatic heterocycles. The third kappa shape index (κ3) is 4.49. The molecule has 0 aliphatic rings. The van der Waals surface area contributed by atoms with Gasteiger partial charge in [-0.05, 0) is 30.2 Å². The van der Waals surface area contributed by atoms with Crippen LogP contribution in [-0.2, 0) is 9.84 Å². The SMILES string of the molecule is C=C(C(CSc1ccccc1)C(C)C)S(=O)(=O)c1ccccc1. The summed E-state index contributed by atoms with van der Waals surface area (Å²) < 4.78 is 25.6. The molecule has 4 heteroatoms. The van der Waals surface area contributed by atoms with Crippen molar-refractivity contribution in [3.8, 4) is 0 Å². The molecule has 0 N–H and O–H groups in total. The van der Waals surface area contributed by atoms with Crippen LogP contribution < -0.4 is 0 Å². The van der Waals surface area contributed by atoms with E-state index in [1.165, 1.54) is 0 Å². The van der Waals surface area contributed by atoms with Gasteiger partial charge in [-0.15, -0.1) is 11.8 Å². The lowest BCUT2D eigenvalue weighted by atomic mass is 9.98. The van der Waals surface area contributed by atoms with E-state index in [2.05, 4.69) is 6.58 Å². The third-order valence-corrected chi connectivity index (χ3v) is 6.81. The van der Waals surface area contributed by atoms with Crippen LogP contribution in [0.1, 0.15) is 13.8 Å². The van der Waals surface area contributed by atoms with Crippen molar-refractivity contribution in [3.05, 3.63) is 72.1 Å². The van der Waals surface area contributed by atoms with Crippen LogP contribution in [0.2, 0.25) is 0 Å². The van der Waals surface area contributed by atoms with Crippen LogP contribution in [0.15, 0.2) is 81.9 Å². The number of benzene rings is 2. The normalized spacial score (nSPS) is 13.0. The van der Waals surface area contributed by atoms with Gasteiger partial charge >= 0.3 is 0 Å². The summed E-state index contributed by atoms with van der Waals surface area (Å²) in [6, 6.07) is 18.6. The van der Waals surface area contributed by atoms with E-state index >= 15 is 0 Å². The van der Waals surface area contributed by atoms with E-state index in [1.807, 2.05) is 50.2 Å². The minimum atomic E-state index is -3.50. The van der Waals surface area contributed by atoms with Crippen LogP contribution in [0.4, 0.5) is 0 Å². The van der Waals surface area contributed by atoms with Crippen LogP contribution in [0.5, 0.6) is 0 Å². The molecule has 0 saturated carbocycles. The van der Waals surface area contributed by atoms with Crippen molar-refractivity contribution in [3.63, 3.8) is 0 Å². The molecule has 1 atom stereocenters. The molecular formula is C19H22O2S2. The van der Waals surface area contributed by atoms with Crippen molar-refractivity contribution in [2.24, 2.45) is 11.8 Å². The molecule has 0 bridgehead atoms. The Kier molecular flexibility index (Phi) is 6.08. The second-order valence-electron chi connectivity index (χ2n) is 5.76. The van der Waals surface area contributed by atoms with E-state index in [4.69, 9.17) is 0 Å². The first-order valence-corrected chi connectivity index (χ1v) is 10.1. The Hall–Kier alpha value is -1.52. The van der Waals surface area contributed by atoms with Gasteiger partial charge in [0.1, 0.15) is 0 Å². The Bertz CT molecular complexity index is 735. The minimum Gasteiger partial charge on any atom is -0.219 e. The first kappa shape index (κ1) is 17.8. The Balaban J connectivity index is 2.19. The number of hydrogen-bond acceptors (Lipinski definition) is 3. The molecule has 0 aliphatic carbocycles. The molecule has 2 aromatic carbocycles. The number of rotatable bonds is 7. The summed E-state index contributed by atoms with van der Waals surface area (Å²) in [4.78, 5) is 1.77. The maximum Gasteiger partial charge on any atom is 0.202 e. The molecule has 0 spiro atoms. The molecule has 1 unspecified atom stereocenters. The lowest BCUT2D eigenvalue weighted by Crippen LogP contribution is -2.20. The summed E-state index contributed by atoms with van der Waals surface area (Å²) in [6.45, 7) is 8.02. The van der Waals surface area contributed by atoms with Gasteiger partial charge in [-0.25, -0.2) is 8.42 Å². The van der Waals surface area contributed by atoms with E-state index in [1.54, 1.807) is 36.0 Å². The highest BCUT2D eigenvalue weighted by molar-refractivity contribution is 7.99. The maximum absolute atomic E-state index is 12.8. The summed E-state index contributed by atoms with van der Waals surface area (Å²) >= 11 is 1.67. The molecule has 2 rings (SSSR count). The summed E-state index contributed by atoms with van der Waals surface area (Å²) in [5.41, 5.74) is 0. The second-order valence-corrected chi connectivity index (χ2v) is 8.85. The van der Waals surface area contributed by atoms with Crippen LogP contribution in [0.3, 0.4) is 0 Å². The number of hydrogen-bond donors (Lipinski definition) is 0. The summed E-state index contributed by atoms with van der Waals surface area (Å²) in [6.07, 6.45) is 0. The average Bonchev–Trinajstić information content (AvgIpc) is 2.56. The van der Waals surface area contributed by atoms with Crippen LogP contribution >= 0.6 is 11.8 Å². The second kappa shape index (κ2) is 7.84. The Labute approximate surface area is 143 Å².